The minimum absolute atomic E-state index is 0.0964. The average Bonchev–Trinajstić information content (AvgIpc) is 3.53. The van der Waals surface area contributed by atoms with Crippen LogP contribution >= 0.6 is 57.9 Å². The molecule has 0 radical (unpaired) electrons. The highest BCUT2D eigenvalue weighted by atomic mass is 35.6. The molecule has 0 aliphatic carbocycles. The van der Waals surface area contributed by atoms with Crippen LogP contribution in [0.5, 0.6) is 0 Å². The maximum Gasteiger partial charge on any atom is 0.356 e. The van der Waals surface area contributed by atoms with Crippen molar-refractivity contribution in [3.63, 3.8) is 0 Å². The predicted octanol–water partition coefficient (Wildman–Crippen LogP) is 5.75. The number of fused-ring (bicyclic) bond motifs is 1. The van der Waals surface area contributed by atoms with E-state index in [0.717, 1.165) is 4.88 Å². The zero-order valence-electron chi connectivity index (χ0n) is 22.9. The van der Waals surface area contributed by atoms with Crippen molar-refractivity contribution in [3.8, 4) is 0 Å². The molecule has 3 aromatic rings. The molecule has 0 unspecified atom stereocenters. The van der Waals surface area contributed by atoms with Crippen LogP contribution in [0, 0.1) is 0 Å². The number of hydrogen-bond acceptors (Lipinski definition) is 8. The molecule has 0 bridgehead atoms. The van der Waals surface area contributed by atoms with Gasteiger partial charge in [-0.05, 0) is 22.6 Å². The van der Waals surface area contributed by atoms with Gasteiger partial charge in [0.25, 0.3) is 5.91 Å². The topological polar surface area (TPSA) is 102 Å². The Morgan fingerprint density at radius 1 is 1.00 bits per heavy atom. The third kappa shape index (κ3) is 7.33. The van der Waals surface area contributed by atoms with E-state index in [4.69, 9.17) is 44.3 Å². The van der Waals surface area contributed by atoms with Crippen LogP contribution in [-0.4, -0.2) is 56.2 Å². The number of β-lactam (4-membered cyclic amide) rings is 1. The first-order valence-electron chi connectivity index (χ1n) is 13.3. The van der Waals surface area contributed by atoms with Crippen LogP contribution < -0.4 is 5.32 Å². The quantitative estimate of drug-likeness (QED) is 0.125. The van der Waals surface area contributed by atoms with Gasteiger partial charge in [-0.3, -0.25) is 14.5 Å². The lowest BCUT2D eigenvalue weighted by Crippen LogP contribution is -2.70. The molecule has 1 N–H and O–H groups in total. The van der Waals surface area contributed by atoms with Gasteiger partial charge in [-0.25, -0.2) is 9.59 Å². The monoisotopic (exact) mass is 690 g/mol. The maximum atomic E-state index is 14.1. The van der Waals surface area contributed by atoms with Gasteiger partial charge in [0.15, 0.2) is 6.10 Å². The standard InChI is InChI=1S/C31H25Cl3N2O6S2/c1-18(29(39)41-17-31(32,33)34)22-16-44-28-24(35-23(37)15-21-13-8-14-43-21)27(38)36(28)25(22)30(40)42-26(19-9-4-2-5-10-19)20-11-6-3-7-12-20/h2-14,24,26,28H,1,15-17H2,(H,35,37)/t24-,28+/m1/s1. The van der Waals surface area contributed by atoms with E-state index in [0.29, 0.717) is 11.1 Å². The van der Waals surface area contributed by atoms with Gasteiger partial charge < -0.3 is 14.8 Å². The fourth-order valence-electron chi connectivity index (χ4n) is 4.74. The minimum atomic E-state index is -1.86. The molecule has 44 heavy (non-hydrogen) atoms. The summed E-state index contributed by atoms with van der Waals surface area (Å²) in [5.74, 6) is -2.52. The zero-order chi connectivity index (χ0) is 31.4. The van der Waals surface area contributed by atoms with E-state index >= 15 is 0 Å². The smallest absolute Gasteiger partial charge is 0.356 e. The molecule has 2 atom stereocenters. The van der Waals surface area contributed by atoms with Crippen LogP contribution in [-0.2, 0) is 35.1 Å². The molecule has 5 rings (SSSR count). The van der Waals surface area contributed by atoms with Gasteiger partial charge in [0.1, 0.15) is 23.7 Å². The summed E-state index contributed by atoms with van der Waals surface area (Å²) in [4.78, 5) is 55.3. The molecule has 1 saturated heterocycles. The molecular formula is C31H25Cl3N2O6S2. The third-order valence-corrected chi connectivity index (χ3v) is 9.28. The normalized spacial score (nSPS) is 17.9. The number of esters is 2. The Bertz CT molecular complexity index is 1550. The van der Waals surface area contributed by atoms with Gasteiger partial charge in [0.05, 0.1) is 12.0 Å². The van der Waals surface area contributed by atoms with E-state index in [1.807, 2.05) is 78.2 Å². The number of hydrogen-bond donors (Lipinski definition) is 1. The van der Waals surface area contributed by atoms with E-state index in [9.17, 15) is 19.2 Å². The first-order valence-corrected chi connectivity index (χ1v) is 16.3. The second-order valence-corrected chi connectivity index (χ2v) is 14.5. The molecule has 228 valence electrons. The number of alkyl halides is 3. The summed E-state index contributed by atoms with van der Waals surface area (Å²) in [6.07, 6.45) is -0.704. The number of thiophene rings is 1. The summed E-state index contributed by atoms with van der Waals surface area (Å²) < 4.78 is 9.33. The first kappa shape index (κ1) is 32.1. The molecule has 2 aliphatic rings. The highest BCUT2D eigenvalue weighted by Gasteiger charge is 2.55. The Labute approximate surface area is 276 Å². The molecule has 1 aromatic heterocycles. The number of carbonyl (C=O) groups is 4. The van der Waals surface area contributed by atoms with Crippen molar-refractivity contribution >= 4 is 81.7 Å². The van der Waals surface area contributed by atoms with E-state index in [1.165, 1.54) is 28.0 Å². The van der Waals surface area contributed by atoms with E-state index in [1.54, 1.807) is 0 Å². The Morgan fingerprint density at radius 2 is 1.64 bits per heavy atom. The van der Waals surface area contributed by atoms with Gasteiger partial charge in [0.2, 0.25) is 9.70 Å². The molecule has 3 heterocycles. The first-order chi connectivity index (χ1) is 21.0. The molecule has 1 fully saturated rings. The average molecular weight is 692 g/mol. The number of rotatable bonds is 10. The lowest BCUT2D eigenvalue weighted by atomic mass is 9.98. The summed E-state index contributed by atoms with van der Waals surface area (Å²) >= 11 is 19.9. The summed E-state index contributed by atoms with van der Waals surface area (Å²) in [6, 6.07) is 21.1. The van der Waals surface area contributed by atoms with Crippen molar-refractivity contribution in [1.82, 2.24) is 10.2 Å². The van der Waals surface area contributed by atoms with Crippen molar-refractivity contribution in [2.45, 2.75) is 27.7 Å². The van der Waals surface area contributed by atoms with E-state index < -0.39 is 45.8 Å². The minimum Gasteiger partial charge on any atom is -0.458 e. The Balaban J connectivity index is 1.45. The zero-order valence-corrected chi connectivity index (χ0v) is 26.8. The molecule has 2 aromatic carbocycles. The van der Waals surface area contributed by atoms with Gasteiger partial charge in [-0.2, -0.15) is 0 Å². The van der Waals surface area contributed by atoms with Crippen molar-refractivity contribution in [3.05, 3.63) is 118 Å². The van der Waals surface area contributed by atoms with Crippen LogP contribution in [0.4, 0.5) is 0 Å². The summed E-state index contributed by atoms with van der Waals surface area (Å²) in [6.45, 7) is 3.28. The highest BCUT2D eigenvalue weighted by molar-refractivity contribution is 8.00. The molecule has 8 nitrogen and oxygen atoms in total. The maximum absolute atomic E-state index is 14.1. The molecule has 0 saturated carbocycles. The SMILES string of the molecule is C=C(C(=O)OCC(Cl)(Cl)Cl)C1=C(C(=O)OC(c2ccccc2)c2ccccc2)N2C(=O)[C@@H](NC(=O)Cc3cccs3)[C@@H]2SC1. The largest absolute Gasteiger partial charge is 0.458 e. The molecule has 13 heteroatoms. The number of amides is 2. The number of benzene rings is 2. The molecule has 2 aliphatic heterocycles. The number of nitrogens with one attached hydrogen (secondary N) is 1. The van der Waals surface area contributed by atoms with E-state index in [2.05, 4.69) is 11.9 Å². The fourth-order valence-corrected chi connectivity index (χ4v) is 6.99. The van der Waals surface area contributed by atoms with Crippen molar-refractivity contribution in [1.29, 1.82) is 0 Å². The highest BCUT2D eigenvalue weighted by Crippen LogP contribution is 2.43. The summed E-state index contributed by atoms with van der Waals surface area (Å²) in [7, 11) is 0. The van der Waals surface area contributed by atoms with Gasteiger partial charge in [-0.15, -0.1) is 23.1 Å². The second-order valence-electron chi connectivity index (χ2n) is 9.81. The number of ether oxygens (including phenoxy) is 2. The summed E-state index contributed by atoms with van der Waals surface area (Å²) in [5.41, 5.74) is 1.19. The molecular weight excluding hydrogens is 667 g/mol. The van der Waals surface area contributed by atoms with E-state index in [-0.39, 0.29) is 34.9 Å². The number of thioether (sulfide) groups is 1. The molecule has 2 amide bonds. The fraction of sp³-hybridized carbons (Fsp3) is 0.226. The van der Waals surface area contributed by atoms with Crippen molar-refractivity contribution in [2.24, 2.45) is 0 Å². The Kier molecular flexibility index (Phi) is 10.1. The Morgan fingerprint density at radius 3 is 2.20 bits per heavy atom. The van der Waals surface area contributed by atoms with Crippen LogP contribution in [0.1, 0.15) is 22.1 Å². The lowest BCUT2D eigenvalue weighted by molar-refractivity contribution is -0.154. The number of nitrogens with zero attached hydrogens (tertiary/aromatic N) is 1. The van der Waals surface area contributed by atoms with Gasteiger partial charge in [0, 0.05) is 16.2 Å². The van der Waals surface area contributed by atoms with Gasteiger partial charge >= 0.3 is 11.9 Å². The summed E-state index contributed by atoms with van der Waals surface area (Å²) in [5, 5.41) is 4.03. The van der Waals surface area contributed by atoms with Crippen LogP contribution in [0.2, 0.25) is 0 Å². The molecule has 0 spiro atoms. The van der Waals surface area contributed by atoms with Crippen molar-refractivity contribution in [2.75, 3.05) is 12.4 Å². The second kappa shape index (κ2) is 13.8. The number of halogens is 3. The lowest BCUT2D eigenvalue weighted by Gasteiger charge is -2.49. The predicted molar refractivity (Wildman–Crippen MR) is 171 cm³/mol. The van der Waals surface area contributed by atoms with Crippen molar-refractivity contribution < 1.29 is 28.7 Å². The van der Waals surface area contributed by atoms with Crippen LogP contribution in [0.3, 0.4) is 0 Å². The Hall–Kier alpha value is -3.28. The van der Waals surface area contributed by atoms with Crippen LogP contribution in [0.25, 0.3) is 0 Å². The van der Waals surface area contributed by atoms with Gasteiger partial charge in [-0.1, -0.05) is 108 Å². The van der Waals surface area contributed by atoms with Crippen LogP contribution in [0.15, 0.2) is 102 Å². The number of carbonyl (C=O) groups excluding carboxylic acids is 4. The third-order valence-electron chi connectivity index (χ3n) is 6.80.